The highest BCUT2D eigenvalue weighted by Gasteiger charge is 2.10. The van der Waals surface area contributed by atoms with E-state index in [0.29, 0.717) is 22.7 Å². The van der Waals surface area contributed by atoms with Crippen molar-refractivity contribution >= 4 is 17.4 Å². The van der Waals surface area contributed by atoms with Crippen molar-refractivity contribution in [2.45, 2.75) is 26.7 Å². The number of halogens is 1. The Hall–Kier alpha value is -2.14. The zero-order chi connectivity index (χ0) is 15.0. The molecule has 0 fully saturated rings. The van der Waals surface area contributed by atoms with Gasteiger partial charge >= 0.3 is 0 Å². The van der Waals surface area contributed by atoms with E-state index in [1.807, 2.05) is 12.1 Å². The van der Waals surface area contributed by atoms with Crippen molar-refractivity contribution in [3.05, 3.63) is 46.9 Å². The number of nitrogens with zero attached hydrogens (tertiary/aromatic N) is 4. The van der Waals surface area contributed by atoms with Crippen LogP contribution in [0.25, 0.3) is 5.78 Å². The van der Waals surface area contributed by atoms with Crippen LogP contribution >= 0.6 is 11.6 Å². The average Bonchev–Trinajstić information content (AvgIpc) is 2.86. The predicted molar refractivity (Wildman–Crippen MR) is 81.1 cm³/mol. The summed E-state index contributed by atoms with van der Waals surface area (Å²) in [4.78, 5) is 8.08. The lowest BCUT2D eigenvalue weighted by atomic mass is 9.98. The molecule has 0 aliphatic heterocycles. The molecule has 21 heavy (non-hydrogen) atoms. The Morgan fingerprint density at radius 1 is 1.24 bits per heavy atom. The van der Waals surface area contributed by atoms with Crippen LogP contribution < -0.4 is 4.74 Å². The second-order valence-corrected chi connectivity index (χ2v) is 5.55. The molecule has 3 rings (SSSR count). The molecule has 0 aliphatic carbocycles. The van der Waals surface area contributed by atoms with E-state index >= 15 is 0 Å². The number of fused-ring (bicyclic) bond motifs is 1. The van der Waals surface area contributed by atoms with E-state index in [-0.39, 0.29) is 0 Å². The number of hydrogen-bond acceptors (Lipinski definition) is 4. The lowest BCUT2D eigenvalue weighted by Gasteiger charge is -2.12. The van der Waals surface area contributed by atoms with Crippen LogP contribution in [0, 0.1) is 6.92 Å². The smallest absolute Gasteiger partial charge is 0.256 e. The molecule has 0 unspecified atom stereocenters. The summed E-state index contributed by atoms with van der Waals surface area (Å²) in [7, 11) is 0. The topological polar surface area (TPSA) is 52.3 Å². The fourth-order valence-electron chi connectivity index (χ4n) is 2.31. The summed E-state index contributed by atoms with van der Waals surface area (Å²) in [5.74, 6) is 2.11. The average molecular weight is 303 g/mol. The number of aryl methyl sites for hydroxylation is 1. The maximum absolute atomic E-state index is 5.97. The minimum Gasteiger partial charge on any atom is -0.439 e. The molecule has 3 aromatic rings. The Kier molecular flexibility index (Phi) is 3.51. The van der Waals surface area contributed by atoms with Gasteiger partial charge in [0.2, 0.25) is 5.88 Å². The highest BCUT2D eigenvalue weighted by Crippen LogP contribution is 2.28. The molecule has 0 N–H and O–H groups in total. The molecule has 0 saturated heterocycles. The third-order valence-electron chi connectivity index (χ3n) is 3.27. The van der Waals surface area contributed by atoms with Crippen molar-refractivity contribution < 1.29 is 4.74 Å². The van der Waals surface area contributed by atoms with Gasteiger partial charge in [0, 0.05) is 6.07 Å². The van der Waals surface area contributed by atoms with Gasteiger partial charge in [-0.25, -0.2) is 0 Å². The predicted octanol–water partition coefficient (Wildman–Crippen LogP) is 4.00. The fourth-order valence-corrected chi connectivity index (χ4v) is 2.48. The van der Waals surface area contributed by atoms with Crippen LogP contribution in [0.2, 0.25) is 5.15 Å². The lowest BCUT2D eigenvalue weighted by Crippen LogP contribution is -1.99. The molecule has 0 saturated carbocycles. The lowest BCUT2D eigenvalue weighted by molar-refractivity contribution is 0.445. The highest BCUT2D eigenvalue weighted by molar-refractivity contribution is 6.29. The molecule has 2 heterocycles. The quantitative estimate of drug-likeness (QED) is 0.686. The Labute approximate surface area is 127 Å². The van der Waals surface area contributed by atoms with E-state index in [1.165, 1.54) is 22.0 Å². The first-order chi connectivity index (χ1) is 10.0. The molecule has 0 aliphatic rings. The van der Waals surface area contributed by atoms with Gasteiger partial charge in [0.1, 0.15) is 17.2 Å². The summed E-state index contributed by atoms with van der Waals surface area (Å²) in [6.45, 7) is 6.42. The SMILES string of the molecule is Cc1cc(Oc2cc(Cl)nc3ncnn23)ccc1C(C)C. The molecule has 5 nitrogen and oxygen atoms in total. The van der Waals surface area contributed by atoms with Gasteiger partial charge in [-0.15, -0.1) is 0 Å². The maximum Gasteiger partial charge on any atom is 0.256 e. The van der Waals surface area contributed by atoms with Gasteiger partial charge < -0.3 is 4.74 Å². The minimum absolute atomic E-state index is 0.320. The van der Waals surface area contributed by atoms with Crippen molar-refractivity contribution in [2.24, 2.45) is 0 Å². The summed E-state index contributed by atoms with van der Waals surface area (Å²) in [5.41, 5.74) is 2.50. The van der Waals surface area contributed by atoms with Gasteiger partial charge in [0.05, 0.1) is 0 Å². The Balaban J connectivity index is 1.99. The van der Waals surface area contributed by atoms with Gasteiger partial charge in [-0.05, 0) is 36.1 Å². The molecule has 0 spiro atoms. The minimum atomic E-state index is 0.320. The molecule has 0 atom stereocenters. The van der Waals surface area contributed by atoms with Gasteiger partial charge in [-0.2, -0.15) is 19.6 Å². The second kappa shape index (κ2) is 5.33. The van der Waals surface area contributed by atoms with Crippen LogP contribution in [-0.2, 0) is 0 Å². The van der Waals surface area contributed by atoms with Crippen molar-refractivity contribution in [3.63, 3.8) is 0 Å². The summed E-state index contributed by atoms with van der Waals surface area (Å²) in [5, 5.41) is 4.40. The van der Waals surface area contributed by atoms with Crippen LogP contribution in [0.1, 0.15) is 30.9 Å². The van der Waals surface area contributed by atoms with Gasteiger partial charge in [0.25, 0.3) is 5.78 Å². The zero-order valence-electron chi connectivity index (χ0n) is 12.0. The highest BCUT2D eigenvalue weighted by atomic mass is 35.5. The van der Waals surface area contributed by atoms with Crippen LogP contribution in [-0.4, -0.2) is 19.6 Å². The maximum atomic E-state index is 5.97. The number of rotatable bonds is 3. The van der Waals surface area contributed by atoms with Crippen LogP contribution in [0.4, 0.5) is 0 Å². The molecule has 0 bridgehead atoms. The molecular weight excluding hydrogens is 288 g/mol. The van der Waals surface area contributed by atoms with E-state index < -0.39 is 0 Å². The monoisotopic (exact) mass is 302 g/mol. The number of aromatic nitrogens is 4. The van der Waals surface area contributed by atoms with Crippen LogP contribution in [0.3, 0.4) is 0 Å². The number of hydrogen-bond donors (Lipinski definition) is 0. The summed E-state index contributed by atoms with van der Waals surface area (Å²) in [6.07, 6.45) is 1.42. The summed E-state index contributed by atoms with van der Waals surface area (Å²) in [6, 6.07) is 7.65. The van der Waals surface area contributed by atoms with Crippen molar-refractivity contribution in [2.75, 3.05) is 0 Å². The van der Waals surface area contributed by atoms with Gasteiger partial charge in [0.15, 0.2) is 0 Å². The molecule has 1 aromatic carbocycles. The normalized spacial score (nSPS) is 11.3. The van der Waals surface area contributed by atoms with Crippen LogP contribution in [0.15, 0.2) is 30.6 Å². The fraction of sp³-hybridized carbons (Fsp3) is 0.267. The van der Waals surface area contributed by atoms with Crippen molar-refractivity contribution in [1.82, 2.24) is 19.6 Å². The Morgan fingerprint density at radius 2 is 2.05 bits per heavy atom. The van der Waals surface area contributed by atoms with E-state index in [1.54, 1.807) is 6.07 Å². The zero-order valence-corrected chi connectivity index (χ0v) is 12.8. The number of benzene rings is 1. The van der Waals surface area contributed by atoms with Crippen molar-refractivity contribution in [3.8, 4) is 11.6 Å². The Morgan fingerprint density at radius 3 is 2.76 bits per heavy atom. The third-order valence-corrected chi connectivity index (χ3v) is 3.47. The summed E-state index contributed by atoms with van der Waals surface area (Å²) < 4.78 is 7.39. The van der Waals surface area contributed by atoms with Gasteiger partial charge in [-0.1, -0.05) is 31.5 Å². The third kappa shape index (κ3) is 2.69. The van der Waals surface area contributed by atoms with Crippen molar-refractivity contribution in [1.29, 1.82) is 0 Å². The van der Waals surface area contributed by atoms with E-state index in [0.717, 1.165) is 5.75 Å². The first-order valence-electron chi connectivity index (χ1n) is 6.69. The molecule has 2 aromatic heterocycles. The van der Waals surface area contributed by atoms with E-state index in [9.17, 15) is 0 Å². The second-order valence-electron chi connectivity index (χ2n) is 5.16. The molecule has 0 amide bonds. The Bertz CT molecular complexity index is 797. The molecule has 0 radical (unpaired) electrons. The van der Waals surface area contributed by atoms with Gasteiger partial charge in [-0.3, -0.25) is 0 Å². The molecule has 6 heteroatoms. The standard InChI is InChI=1S/C15H15ClN4O/c1-9(2)12-5-4-11(6-10(12)3)21-14-7-13(16)19-15-17-8-18-20(14)15/h4-9H,1-3H3. The summed E-state index contributed by atoms with van der Waals surface area (Å²) >= 11 is 5.97. The first kappa shape index (κ1) is 13.8. The number of ether oxygens (including phenoxy) is 1. The first-order valence-corrected chi connectivity index (χ1v) is 7.07. The largest absolute Gasteiger partial charge is 0.439 e. The van der Waals surface area contributed by atoms with E-state index in [4.69, 9.17) is 16.3 Å². The molecular formula is C15H15ClN4O. The van der Waals surface area contributed by atoms with E-state index in [2.05, 4.69) is 41.9 Å². The molecule has 108 valence electrons. The van der Waals surface area contributed by atoms with Crippen LogP contribution in [0.5, 0.6) is 11.6 Å².